The van der Waals surface area contributed by atoms with Crippen LogP contribution >= 0.6 is 0 Å². The van der Waals surface area contributed by atoms with Gasteiger partial charge in [0.2, 0.25) is 0 Å². The summed E-state index contributed by atoms with van der Waals surface area (Å²) in [4.78, 5) is 13.5. The Balaban J connectivity index is 2.44. The second-order valence-corrected chi connectivity index (χ2v) is 5.09. The summed E-state index contributed by atoms with van der Waals surface area (Å²) in [5.74, 6) is 0. The summed E-state index contributed by atoms with van der Waals surface area (Å²) in [7, 11) is 0. The highest BCUT2D eigenvalue weighted by Crippen LogP contribution is 2.11. The van der Waals surface area contributed by atoms with Crippen molar-refractivity contribution >= 4 is 6.09 Å². The van der Waals surface area contributed by atoms with E-state index in [0.717, 1.165) is 6.54 Å². The number of rotatable bonds is 2. The van der Waals surface area contributed by atoms with E-state index in [-0.39, 0.29) is 18.7 Å². The number of aliphatic hydroxyl groups is 1. The van der Waals surface area contributed by atoms with Gasteiger partial charge in [-0.25, -0.2) is 4.79 Å². The zero-order chi connectivity index (χ0) is 12.2. The first-order valence-electron chi connectivity index (χ1n) is 5.74. The summed E-state index contributed by atoms with van der Waals surface area (Å²) in [5, 5.41) is 12.1. The van der Waals surface area contributed by atoms with Crippen molar-refractivity contribution in [1.29, 1.82) is 0 Å². The van der Waals surface area contributed by atoms with Crippen molar-refractivity contribution in [2.45, 2.75) is 38.8 Å². The number of carbonyl (C=O) groups is 1. The number of hydrogen-bond donors (Lipinski definition) is 2. The highest BCUT2D eigenvalue weighted by molar-refractivity contribution is 5.68. The third kappa shape index (κ3) is 4.37. The Bertz CT molecular complexity index is 236. The summed E-state index contributed by atoms with van der Waals surface area (Å²) >= 11 is 0. The molecule has 0 bridgehead atoms. The molecule has 1 rings (SSSR count). The lowest BCUT2D eigenvalue weighted by molar-refractivity contribution is 0.0186. The van der Waals surface area contributed by atoms with Gasteiger partial charge in [-0.1, -0.05) is 0 Å². The molecule has 16 heavy (non-hydrogen) atoms. The number of ether oxygens (including phenoxy) is 1. The van der Waals surface area contributed by atoms with Gasteiger partial charge in [0.15, 0.2) is 0 Å². The van der Waals surface area contributed by atoms with Crippen molar-refractivity contribution in [3.8, 4) is 0 Å². The first-order chi connectivity index (χ1) is 7.42. The van der Waals surface area contributed by atoms with E-state index in [1.165, 1.54) is 0 Å². The van der Waals surface area contributed by atoms with Crippen LogP contribution in [0.1, 0.15) is 27.2 Å². The Morgan fingerprint density at radius 1 is 1.56 bits per heavy atom. The van der Waals surface area contributed by atoms with E-state index >= 15 is 0 Å². The average Bonchev–Trinajstić information content (AvgIpc) is 2.16. The van der Waals surface area contributed by atoms with Crippen molar-refractivity contribution in [2.75, 3.05) is 26.2 Å². The minimum Gasteiger partial charge on any atom is -0.444 e. The third-order valence-corrected chi connectivity index (χ3v) is 2.38. The quantitative estimate of drug-likeness (QED) is 0.728. The maximum atomic E-state index is 11.8. The molecule has 1 aliphatic heterocycles. The van der Waals surface area contributed by atoms with Crippen LogP contribution in [0, 0.1) is 0 Å². The Kier molecular flexibility index (Phi) is 4.56. The third-order valence-electron chi connectivity index (χ3n) is 2.38. The highest BCUT2D eigenvalue weighted by Gasteiger charge is 2.26. The van der Waals surface area contributed by atoms with Gasteiger partial charge in [-0.3, -0.25) is 0 Å². The summed E-state index contributed by atoms with van der Waals surface area (Å²) in [5.41, 5.74) is -0.450. The largest absolute Gasteiger partial charge is 0.444 e. The van der Waals surface area contributed by atoms with Crippen LogP contribution in [0.4, 0.5) is 4.79 Å². The molecular formula is C11H22N2O3. The van der Waals surface area contributed by atoms with Gasteiger partial charge in [0, 0.05) is 32.3 Å². The molecule has 5 nitrogen and oxygen atoms in total. The smallest absolute Gasteiger partial charge is 0.410 e. The molecule has 0 aromatic heterocycles. The summed E-state index contributed by atoms with van der Waals surface area (Å²) in [6.07, 6.45) is 0.399. The van der Waals surface area contributed by atoms with Gasteiger partial charge in [0.25, 0.3) is 0 Å². The van der Waals surface area contributed by atoms with E-state index < -0.39 is 5.60 Å². The van der Waals surface area contributed by atoms with Gasteiger partial charge in [0.1, 0.15) is 5.60 Å². The summed E-state index contributed by atoms with van der Waals surface area (Å²) in [6, 6.07) is 0.172. The van der Waals surface area contributed by atoms with E-state index in [4.69, 9.17) is 9.84 Å². The fourth-order valence-corrected chi connectivity index (χ4v) is 1.67. The van der Waals surface area contributed by atoms with Crippen LogP contribution < -0.4 is 5.32 Å². The van der Waals surface area contributed by atoms with Crippen LogP contribution in [0.3, 0.4) is 0 Å². The molecule has 1 atom stereocenters. The Labute approximate surface area is 96.8 Å². The summed E-state index contributed by atoms with van der Waals surface area (Å²) < 4.78 is 5.30. The van der Waals surface area contributed by atoms with E-state index in [2.05, 4.69) is 5.32 Å². The zero-order valence-corrected chi connectivity index (χ0v) is 10.3. The first kappa shape index (κ1) is 13.3. The fraction of sp³-hybridized carbons (Fsp3) is 0.909. The second-order valence-electron chi connectivity index (χ2n) is 5.09. The maximum absolute atomic E-state index is 11.8. The highest BCUT2D eigenvalue weighted by atomic mass is 16.6. The van der Waals surface area contributed by atoms with Gasteiger partial charge < -0.3 is 20.1 Å². The van der Waals surface area contributed by atoms with E-state index in [0.29, 0.717) is 19.5 Å². The fourth-order valence-electron chi connectivity index (χ4n) is 1.67. The van der Waals surface area contributed by atoms with Gasteiger partial charge >= 0.3 is 6.09 Å². The van der Waals surface area contributed by atoms with Crippen molar-refractivity contribution in [3.05, 3.63) is 0 Å². The maximum Gasteiger partial charge on any atom is 0.410 e. The standard InChI is InChI=1S/C11H22N2O3/c1-11(2,3)16-10(15)13-6-5-12-9(8-13)4-7-14/h9,12,14H,4-8H2,1-3H3/t9-/m0/s1. The minimum atomic E-state index is -0.450. The Morgan fingerprint density at radius 2 is 2.25 bits per heavy atom. The average molecular weight is 230 g/mol. The molecule has 94 valence electrons. The number of nitrogens with zero attached hydrogens (tertiary/aromatic N) is 1. The van der Waals surface area contributed by atoms with Crippen LogP contribution in [-0.4, -0.2) is 54.0 Å². The van der Waals surface area contributed by atoms with E-state index in [1.54, 1.807) is 4.90 Å². The molecule has 1 saturated heterocycles. The topological polar surface area (TPSA) is 61.8 Å². The molecule has 0 spiro atoms. The molecule has 0 unspecified atom stereocenters. The van der Waals surface area contributed by atoms with Gasteiger partial charge in [-0.05, 0) is 27.2 Å². The van der Waals surface area contributed by atoms with E-state index in [1.807, 2.05) is 20.8 Å². The molecule has 0 radical (unpaired) electrons. The normalized spacial score (nSPS) is 22.0. The van der Waals surface area contributed by atoms with Crippen LogP contribution in [0.5, 0.6) is 0 Å². The molecule has 0 aromatic carbocycles. The van der Waals surface area contributed by atoms with Crippen LogP contribution in [0.2, 0.25) is 0 Å². The SMILES string of the molecule is CC(C)(C)OC(=O)N1CCN[C@@H](CCO)C1. The van der Waals surface area contributed by atoms with Crippen molar-refractivity contribution in [1.82, 2.24) is 10.2 Å². The molecule has 5 heteroatoms. The molecule has 1 amide bonds. The number of nitrogens with one attached hydrogen (secondary N) is 1. The number of carbonyl (C=O) groups excluding carboxylic acids is 1. The summed E-state index contributed by atoms with van der Waals surface area (Å²) in [6.45, 7) is 7.74. The monoisotopic (exact) mass is 230 g/mol. The lowest BCUT2D eigenvalue weighted by Gasteiger charge is -2.34. The van der Waals surface area contributed by atoms with Crippen molar-refractivity contribution in [2.24, 2.45) is 0 Å². The predicted octanol–water partition coefficient (Wildman–Crippen LogP) is 0.578. The lowest BCUT2D eigenvalue weighted by Crippen LogP contribution is -2.53. The second kappa shape index (κ2) is 5.50. The van der Waals surface area contributed by atoms with Crippen LogP contribution in [0.15, 0.2) is 0 Å². The molecule has 1 heterocycles. The lowest BCUT2D eigenvalue weighted by atomic mass is 10.1. The molecule has 2 N–H and O–H groups in total. The first-order valence-corrected chi connectivity index (χ1v) is 5.74. The molecule has 0 aromatic rings. The number of amides is 1. The molecule has 0 aliphatic carbocycles. The molecular weight excluding hydrogens is 208 g/mol. The number of hydrogen-bond acceptors (Lipinski definition) is 4. The zero-order valence-electron chi connectivity index (χ0n) is 10.3. The van der Waals surface area contributed by atoms with Crippen LogP contribution in [0.25, 0.3) is 0 Å². The van der Waals surface area contributed by atoms with Gasteiger partial charge in [-0.2, -0.15) is 0 Å². The predicted molar refractivity (Wildman–Crippen MR) is 61.3 cm³/mol. The Morgan fingerprint density at radius 3 is 2.81 bits per heavy atom. The van der Waals surface area contributed by atoms with Crippen LogP contribution in [-0.2, 0) is 4.74 Å². The molecule has 0 saturated carbocycles. The minimum absolute atomic E-state index is 0.139. The number of aliphatic hydroxyl groups excluding tert-OH is 1. The van der Waals surface area contributed by atoms with Gasteiger partial charge in [-0.15, -0.1) is 0 Å². The number of piperazine rings is 1. The molecule has 1 fully saturated rings. The van der Waals surface area contributed by atoms with Gasteiger partial charge in [0.05, 0.1) is 0 Å². The molecule has 1 aliphatic rings. The Hall–Kier alpha value is -0.810. The van der Waals surface area contributed by atoms with Crippen molar-refractivity contribution < 1.29 is 14.6 Å². The van der Waals surface area contributed by atoms with Crippen molar-refractivity contribution in [3.63, 3.8) is 0 Å². The van der Waals surface area contributed by atoms with E-state index in [9.17, 15) is 4.79 Å².